The molecule has 0 atom stereocenters. The second kappa shape index (κ2) is 10.1. The van der Waals surface area contributed by atoms with Crippen molar-refractivity contribution in [3.05, 3.63) is 34.9 Å². The zero-order chi connectivity index (χ0) is 15.9. The van der Waals surface area contributed by atoms with Crippen LogP contribution in [0.5, 0.6) is 0 Å². The third-order valence-electron chi connectivity index (χ3n) is 4.56. The van der Waals surface area contributed by atoms with Gasteiger partial charge in [-0.05, 0) is 63.9 Å². The maximum absolute atomic E-state index is 4.33. The number of nitrogens with one attached hydrogen (secondary N) is 2. The highest BCUT2D eigenvalue weighted by atomic mass is 127. The van der Waals surface area contributed by atoms with Crippen LogP contribution < -0.4 is 10.6 Å². The highest BCUT2D eigenvalue weighted by Gasteiger charge is 2.16. The predicted molar refractivity (Wildman–Crippen MR) is 110 cm³/mol. The third kappa shape index (κ3) is 6.67. The highest BCUT2D eigenvalue weighted by Crippen LogP contribution is 2.14. The molecule has 0 aliphatic carbocycles. The number of piperidine rings is 1. The van der Waals surface area contributed by atoms with Crippen LogP contribution >= 0.6 is 24.0 Å². The van der Waals surface area contributed by atoms with Crippen molar-refractivity contribution in [2.75, 3.05) is 33.7 Å². The predicted octanol–water partition coefficient (Wildman–Crippen LogP) is 2.93. The van der Waals surface area contributed by atoms with E-state index in [9.17, 15) is 0 Å². The number of hydrogen-bond acceptors (Lipinski definition) is 2. The molecule has 2 rings (SSSR count). The van der Waals surface area contributed by atoms with Gasteiger partial charge in [0.2, 0.25) is 0 Å². The van der Waals surface area contributed by atoms with E-state index in [0.717, 1.165) is 25.0 Å². The van der Waals surface area contributed by atoms with Gasteiger partial charge in [0.25, 0.3) is 0 Å². The molecule has 1 aliphatic rings. The summed E-state index contributed by atoms with van der Waals surface area (Å²) in [6.45, 7) is 8.55. The minimum atomic E-state index is 0. The summed E-state index contributed by atoms with van der Waals surface area (Å²) in [5, 5.41) is 6.90. The number of aryl methyl sites for hydroxylation is 2. The molecular formula is C18H31IN4. The van der Waals surface area contributed by atoms with E-state index in [0.29, 0.717) is 0 Å². The fraction of sp³-hybridized carbons (Fsp3) is 0.611. The smallest absolute Gasteiger partial charge is 0.191 e. The molecule has 1 saturated heterocycles. The quantitative estimate of drug-likeness (QED) is 0.439. The minimum absolute atomic E-state index is 0. The summed E-state index contributed by atoms with van der Waals surface area (Å²) in [5.41, 5.74) is 3.97. The molecule has 130 valence electrons. The largest absolute Gasteiger partial charge is 0.356 e. The van der Waals surface area contributed by atoms with Crippen LogP contribution in [0.2, 0.25) is 0 Å². The minimum Gasteiger partial charge on any atom is -0.356 e. The molecular weight excluding hydrogens is 399 g/mol. The lowest BCUT2D eigenvalue weighted by Gasteiger charge is -2.29. The van der Waals surface area contributed by atoms with E-state index in [-0.39, 0.29) is 24.0 Å². The molecule has 23 heavy (non-hydrogen) atoms. The topological polar surface area (TPSA) is 39.7 Å². The van der Waals surface area contributed by atoms with E-state index in [1.165, 1.54) is 42.6 Å². The second-order valence-electron chi connectivity index (χ2n) is 6.48. The number of halogens is 1. The van der Waals surface area contributed by atoms with Crippen molar-refractivity contribution in [1.29, 1.82) is 0 Å². The fourth-order valence-electron chi connectivity index (χ4n) is 2.95. The summed E-state index contributed by atoms with van der Waals surface area (Å²) in [6.07, 6.45) is 2.55. The molecule has 1 heterocycles. The Bertz CT molecular complexity index is 508. The monoisotopic (exact) mass is 430 g/mol. The van der Waals surface area contributed by atoms with Gasteiger partial charge < -0.3 is 15.5 Å². The average Bonchev–Trinajstić information content (AvgIpc) is 2.51. The van der Waals surface area contributed by atoms with Crippen LogP contribution in [0.4, 0.5) is 0 Å². The van der Waals surface area contributed by atoms with E-state index in [1.54, 1.807) is 0 Å². The summed E-state index contributed by atoms with van der Waals surface area (Å²) in [7, 11) is 4.04. The zero-order valence-electron chi connectivity index (χ0n) is 14.9. The first-order chi connectivity index (χ1) is 10.6. The summed E-state index contributed by atoms with van der Waals surface area (Å²) >= 11 is 0. The Morgan fingerprint density at radius 2 is 1.91 bits per heavy atom. The molecule has 0 bridgehead atoms. The molecule has 0 saturated carbocycles. The van der Waals surface area contributed by atoms with Gasteiger partial charge in [-0.3, -0.25) is 4.99 Å². The molecule has 0 unspecified atom stereocenters. The molecule has 0 radical (unpaired) electrons. The molecule has 0 amide bonds. The van der Waals surface area contributed by atoms with Crippen LogP contribution in [0, 0.1) is 19.8 Å². The van der Waals surface area contributed by atoms with Gasteiger partial charge in [-0.25, -0.2) is 0 Å². The van der Waals surface area contributed by atoms with Gasteiger partial charge in [0, 0.05) is 20.1 Å². The van der Waals surface area contributed by atoms with Crippen LogP contribution in [-0.2, 0) is 6.54 Å². The number of nitrogens with zero attached hydrogens (tertiary/aromatic N) is 2. The molecule has 5 heteroatoms. The van der Waals surface area contributed by atoms with Gasteiger partial charge in [-0.2, -0.15) is 0 Å². The van der Waals surface area contributed by atoms with Gasteiger partial charge in [-0.15, -0.1) is 24.0 Å². The van der Waals surface area contributed by atoms with Gasteiger partial charge in [0.15, 0.2) is 5.96 Å². The normalized spacial score (nSPS) is 16.8. The van der Waals surface area contributed by atoms with Crippen molar-refractivity contribution < 1.29 is 0 Å². The lowest BCUT2D eigenvalue weighted by molar-refractivity contribution is 0.220. The Balaban J connectivity index is 0.00000264. The number of guanidine groups is 1. The van der Waals surface area contributed by atoms with E-state index >= 15 is 0 Å². The van der Waals surface area contributed by atoms with Crippen molar-refractivity contribution in [1.82, 2.24) is 15.5 Å². The van der Waals surface area contributed by atoms with Crippen LogP contribution in [-0.4, -0.2) is 44.6 Å². The van der Waals surface area contributed by atoms with E-state index in [2.05, 4.69) is 59.6 Å². The molecule has 0 aromatic heterocycles. The molecule has 0 spiro atoms. The molecule has 4 nitrogen and oxygen atoms in total. The standard InChI is InChI=1S/C18H30N4.HI/c1-14-5-6-17(15(2)11-14)13-21-18(19-3)20-12-16-7-9-22(4)10-8-16;/h5-6,11,16H,7-10,12-13H2,1-4H3,(H2,19,20,21);1H. The lowest BCUT2D eigenvalue weighted by Crippen LogP contribution is -2.42. The van der Waals surface area contributed by atoms with Gasteiger partial charge in [0.1, 0.15) is 0 Å². The van der Waals surface area contributed by atoms with Crippen LogP contribution in [0.1, 0.15) is 29.5 Å². The SMILES string of the molecule is CN=C(NCc1ccc(C)cc1C)NCC1CCN(C)CC1.I. The number of benzene rings is 1. The molecule has 1 aromatic rings. The van der Waals surface area contributed by atoms with Crippen LogP contribution in [0.3, 0.4) is 0 Å². The van der Waals surface area contributed by atoms with Crippen molar-refractivity contribution in [3.63, 3.8) is 0 Å². The fourth-order valence-corrected chi connectivity index (χ4v) is 2.95. The first-order valence-corrected chi connectivity index (χ1v) is 8.27. The Morgan fingerprint density at radius 3 is 2.52 bits per heavy atom. The van der Waals surface area contributed by atoms with Crippen molar-refractivity contribution >= 4 is 29.9 Å². The van der Waals surface area contributed by atoms with E-state index in [4.69, 9.17) is 0 Å². The highest BCUT2D eigenvalue weighted by molar-refractivity contribution is 14.0. The first-order valence-electron chi connectivity index (χ1n) is 8.27. The first kappa shape index (κ1) is 20.2. The maximum atomic E-state index is 4.33. The van der Waals surface area contributed by atoms with Crippen molar-refractivity contribution in [2.24, 2.45) is 10.9 Å². The summed E-state index contributed by atoms with van der Waals surface area (Å²) < 4.78 is 0. The zero-order valence-corrected chi connectivity index (χ0v) is 17.2. The Kier molecular flexibility index (Phi) is 8.91. The summed E-state index contributed by atoms with van der Waals surface area (Å²) in [5.74, 6) is 1.66. The van der Waals surface area contributed by atoms with E-state index < -0.39 is 0 Å². The van der Waals surface area contributed by atoms with Gasteiger partial charge in [-0.1, -0.05) is 23.8 Å². The Morgan fingerprint density at radius 1 is 1.22 bits per heavy atom. The van der Waals surface area contributed by atoms with Crippen LogP contribution in [0.15, 0.2) is 23.2 Å². The van der Waals surface area contributed by atoms with Gasteiger partial charge >= 0.3 is 0 Å². The Hall–Kier alpha value is -0.820. The second-order valence-corrected chi connectivity index (χ2v) is 6.48. The Labute approximate surface area is 158 Å². The summed E-state index contributed by atoms with van der Waals surface area (Å²) in [6, 6.07) is 6.59. The maximum Gasteiger partial charge on any atom is 0.191 e. The van der Waals surface area contributed by atoms with Crippen molar-refractivity contribution in [2.45, 2.75) is 33.2 Å². The van der Waals surface area contributed by atoms with Crippen LogP contribution in [0.25, 0.3) is 0 Å². The van der Waals surface area contributed by atoms with Crippen molar-refractivity contribution in [3.8, 4) is 0 Å². The lowest BCUT2D eigenvalue weighted by atomic mass is 9.97. The number of likely N-dealkylation sites (tertiary alicyclic amines) is 1. The van der Waals surface area contributed by atoms with E-state index in [1.807, 2.05) is 7.05 Å². The molecule has 1 aromatic carbocycles. The van der Waals surface area contributed by atoms with Gasteiger partial charge in [0.05, 0.1) is 0 Å². The molecule has 1 fully saturated rings. The molecule has 2 N–H and O–H groups in total. The number of rotatable bonds is 4. The number of aliphatic imine (C=N–C) groups is 1. The third-order valence-corrected chi connectivity index (χ3v) is 4.56. The summed E-state index contributed by atoms with van der Waals surface area (Å²) in [4.78, 5) is 6.74. The average molecular weight is 430 g/mol. The number of hydrogen-bond donors (Lipinski definition) is 2. The molecule has 1 aliphatic heterocycles.